The molecule has 0 saturated heterocycles. The highest BCUT2D eigenvalue weighted by atomic mass is 32.2. The summed E-state index contributed by atoms with van der Waals surface area (Å²) in [6.45, 7) is 0. The van der Waals surface area contributed by atoms with Crippen LogP contribution in [0.2, 0.25) is 0 Å². The third-order valence-electron chi connectivity index (χ3n) is 3.46. The molecule has 1 amide bonds. The van der Waals surface area contributed by atoms with Crippen molar-refractivity contribution in [3.63, 3.8) is 0 Å². The Hall–Kier alpha value is -3.16. The lowest BCUT2D eigenvalue weighted by atomic mass is 10.2. The predicted molar refractivity (Wildman–Crippen MR) is 97.2 cm³/mol. The van der Waals surface area contributed by atoms with Crippen molar-refractivity contribution in [1.29, 1.82) is 0 Å². The van der Waals surface area contributed by atoms with Crippen molar-refractivity contribution in [2.75, 3.05) is 0 Å². The van der Waals surface area contributed by atoms with E-state index in [4.69, 9.17) is 4.74 Å². The van der Waals surface area contributed by atoms with Crippen molar-refractivity contribution < 1.29 is 17.9 Å². The van der Waals surface area contributed by atoms with E-state index in [1.165, 1.54) is 12.1 Å². The van der Waals surface area contributed by atoms with Gasteiger partial charge in [0.25, 0.3) is 15.9 Å². The lowest BCUT2D eigenvalue weighted by Crippen LogP contribution is -2.41. The first-order valence-electron chi connectivity index (χ1n) is 7.75. The quantitative estimate of drug-likeness (QED) is 0.655. The average Bonchev–Trinajstić information content (AvgIpc) is 2.68. The second kappa shape index (κ2) is 7.81. The molecular weight excluding hydrogens is 352 g/mol. The van der Waals surface area contributed by atoms with Gasteiger partial charge in [0.05, 0.1) is 10.5 Å². The van der Waals surface area contributed by atoms with Crippen LogP contribution in [0.15, 0.2) is 89.8 Å². The largest absolute Gasteiger partial charge is 0.457 e. The van der Waals surface area contributed by atoms with Gasteiger partial charge in [-0.05, 0) is 36.4 Å². The van der Waals surface area contributed by atoms with E-state index < -0.39 is 15.9 Å². The minimum atomic E-state index is -3.86. The molecule has 3 aromatic carbocycles. The van der Waals surface area contributed by atoms with E-state index >= 15 is 0 Å². The maximum Gasteiger partial charge on any atom is 0.270 e. The number of nitrogens with one attached hydrogen (secondary N) is 2. The number of sulfonamides is 1. The molecule has 0 atom stereocenters. The fraction of sp³-hybridized carbons (Fsp3) is 0. The number of para-hydroxylation sites is 2. The first kappa shape index (κ1) is 17.7. The first-order valence-corrected chi connectivity index (χ1v) is 9.24. The Kier molecular flexibility index (Phi) is 5.31. The Bertz CT molecular complexity index is 990. The normalized spacial score (nSPS) is 10.9. The van der Waals surface area contributed by atoms with E-state index in [-0.39, 0.29) is 10.5 Å². The van der Waals surface area contributed by atoms with Gasteiger partial charge in [-0.2, -0.15) is 0 Å². The fourth-order valence-corrected chi connectivity index (χ4v) is 3.06. The van der Waals surface area contributed by atoms with Crippen LogP contribution in [0.3, 0.4) is 0 Å². The van der Waals surface area contributed by atoms with Gasteiger partial charge in [0.1, 0.15) is 11.5 Å². The number of hydrogen-bond acceptors (Lipinski definition) is 4. The molecule has 0 heterocycles. The Labute approximate surface area is 151 Å². The highest BCUT2D eigenvalue weighted by Crippen LogP contribution is 2.24. The standard InChI is InChI=1S/C19H16N2O4S/c22-19(20-21-26(23,24)16-11-5-2-6-12-16)17-13-7-8-14-18(17)25-15-9-3-1-4-10-15/h1-14,21H,(H,20,22). The van der Waals surface area contributed by atoms with Gasteiger partial charge < -0.3 is 4.74 Å². The van der Waals surface area contributed by atoms with Gasteiger partial charge in [-0.1, -0.05) is 48.5 Å². The van der Waals surface area contributed by atoms with E-state index in [2.05, 4.69) is 10.3 Å². The number of hydrazine groups is 1. The Balaban J connectivity index is 1.74. The molecule has 0 aromatic heterocycles. The van der Waals surface area contributed by atoms with Crippen LogP contribution in [0.4, 0.5) is 0 Å². The molecule has 7 heteroatoms. The van der Waals surface area contributed by atoms with Crippen molar-refractivity contribution >= 4 is 15.9 Å². The molecule has 0 fully saturated rings. The molecule has 0 aliphatic heterocycles. The van der Waals surface area contributed by atoms with Gasteiger partial charge >= 0.3 is 0 Å². The highest BCUT2D eigenvalue weighted by molar-refractivity contribution is 7.89. The van der Waals surface area contributed by atoms with Gasteiger partial charge in [-0.3, -0.25) is 10.2 Å². The first-order chi connectivity index (χ1) is 12.6. The lowest BCUT2D eigenvalue weighted by molar-refractivity contribution is 0.0943. The van der Waals surface area contributed by atoms with Gasteiger partial charge in [-0.15, -0.1) is 4.83 Å². The van der Waals surface area contributed by atoms with E-state index in [0.717, 1.165) is 0 Å². The molecule has 3 aromatic rings. The van der Waals surface area contributed by atoms with Crippen LogP contribution in [0.1, 0.15) is 10.4 Å². The summed E-state index contributed by atoms with van der Waals surface area (Å²) in [5, 5.41) is 0. The molecule has 0 aliphatic carbocycles. The summed E-state index contributed by atoms with van der Waals surface area (Å²) < 4.78 is 30.1. The molecule has 132 valence electrons. The molecule has 0 bridgehead atoms. The van der Waals surface area contributed by atoms with Crippen LogP contribution in [0.25, 0.3) is 0 Å². The minimum Gasteiger partial charge on any atom is -0.457 e. The van der Waals surface area contributed by atoms with Crippen LogP contribution in [0.5, 0.6) is 11.5 Å². The predicted octanol–water partition coefficient (Wildman–Crippen LogP) is 3.10. The average molecular weight is 368 g/mol. The minimum absolute atomic E-state index is 0.0501. The van der Waals surface area contributed by atoms with Gasteiger partial charge in [-0.25, -0.2) is 8.42 Å². The van der Waals surface area contributed by atoms with Crippen LogP contribution >= 0.6 is 0 Å². The summed E-state index contributed by atoms with van der Waals surface area (Å²) in [6, 6.07) is 23.3. The van der Waals surface area contributed by atoms with Gasteiger partial charge in [0.2, 0.25) is 0 Å². The van der Waals surface area contributed by atoms with Gasteiger partial charge in [0, 0.05) is 0 Å². The molecule has 6 nitrogen and oxygen atoms in total. The Morgan fingerprint density at radius 2 is 1.35 bits per heavy atom. The lowest BCUT2D eigenvalue weighted by Gasteiger charge is -2.12. The van der Waals surface area contributed by atoms with E-state index in [9.17, 15) is 13.2 Å². The van der Waals surface area contributed by atoms with Crippen molar-refractivity contribution in [3.05, 3.63) is 90.5 Å². The van der Waals surface area contributed by atoms with Crippen molar-refractivity contribution in [2.24, 2.45) is 0 Å². The highest BCUT2D eigenvalue weighted by Gasteiger charge is 2.17. The number of hydrogen-bond donors (Lipinski definition) is 2. The van der Waals surface area contributed by atoms with Crippen LogP contribution in [0, 0.1) is 0 Å². The number of rotatable bonds is 6. The number of carbonyl (C=O) groups excluding carboxylic acids is 1. The van der Waals surface area contributed by atoms with Crippen LogP contribution in [-0.2, 0) is 10.0 Å². The zero-order valence-electron chi connectivity index (χ0n) is 13.6. The van der Waals surface area contributed by atoms with E-state index in [1.807, 2.05) is 18.2 Å². The van der Waals surface area contributed by atoms with Crippen LogP contribution < -0.4 is 15.0 Å². The van der Waals surface area contributed by atoms with Gasteiger partial charge in [0.15, 0.2) is 0 Å². The summed E-state index contributed by atoms with van der Waals surface area (Å²) in [6.07, 6.45) is 0. The second-order valence-electron chi connectivity index (χ2n) is 5.28. The zero-order valence-corrected chi connectivity index (χ0v) is 14.4. The van der Waals surface area contributed by atoms with E-state index in [0.29, 0.717) is 11.5 Å². The third-order valence-corrected chi connectivity index (χ3v) is 4.72. The molecule has 0 spiro atoms. The molecule has 2 N–H and O–H groups in total. The fourth-order valence-electron chi connectivity index (χ4n) is 2.20. The summed E-state index contributed by atoms with van der Waals surface area (Å²) in [7, 11) is -3.86. The monoisotopic (exact) mass is 368 g/mol. The number of carbonyl (C=O) groups is 1. The summed E-state index contributed by atoms with van der Waals surface area (Å²) in [5.41, 5.74) is 2.41. The number of benzene rings is 3. The zero-order chi connectivity index (χ0) is 18.4. The molecule has 0 saturated carbocycles. The summed E-state index contributed by atoms with van der Waals surface area (Å²) in [4.78, 5) is 14.5. The smallest absolute Gasteiger partial charge is 0.270 e. The summed E-state index contributed by atoms with van der Waals surface area (Å²) >= 11 is 0. The van der Waals surface area contributed by atoms with Crippen molar-refractivity contribution in [2.45, 2.75) is 4.90 Å². The SMILES string of the molecule is O=C(NNS(=O)(=O)c1ccccc1)c1ccccc1Oc1ccccc1. The van der Waals surface area contributed by atoms with Crippen molar-refractivity contribution in [3.8, 4) is 11.5 Å². The number of amides is 1. The molecular formula is C19H16N2O4S. The summed E-state index contributed by atoms with van der Waals surface area (Å²) in [5.74, 6) is 0.253. The Morgan fingerprint density at radius 1 is 0.769 bits per heavy atom. The topological polar surface area (TPSA) is 84.5 Å². The third kappa shape index (κ3) is 4.27. The van der Waals surface area contributed by atoms with Crippen LogP contribution in [-0.4, -0.2) is 14.3 Å². The molecule has 3 rings (SSSR count). The Morgan fingerprint density at radius 3 is 2.04 bits per heavy atom. The molecule has 0 radical (unpaired) electrons. The maximum atomic E-state index is 12.4. The van der Waals surface area contributed by atoms with E-state index in [1.54, 1.807) is 54.6 Å². The molecule has 26 heavy (non-hydrogen) atoms. The number of ether oxygens (including phenoxy) is 1. The van der Waals surface area contributed by atoms with Crippen molar-refractivity contribution in [1.82, 2.24) is 10.3 Å². The second-order valence-corrected chi connectivity index (χ2v) is 6.97. The molecule has 0 unspecified atom stereocenters. The molecule has 0 aliphatic rings. The maximum absolute atomic E-state index is 12.4.